The SMILES string of the molecule is Cc1ccc2cc(CN3CCC(C(C)N)CC3)ccc2n1. The van der Waals surface area contributed by atoms with E-state index < -0.39 is 0 Å². The van der Waals surface area contributed by atoms with Crippen LogP contribution in [-0.2, 0) is 6.54 Å². The zero-order chi connectivity index (χ0) is 14.8. The van der Waals surface area contributed by atoms with Gasteiger partial charge >= 0.3 is 0 Å². The first-order valence-electron chi connectivity index (χ1n) is 7.96. The van der Waals surface area contributed by atoms with Gasteiger partial charge in [0.15, 0.2) is 0 Å². The van der Waals surface area contributed by atoms with E-state index >= 15 is 0 Å². The summed E-state index contributed by atoms with van der Waals surface area (Å²) in [5.74, 6) is 0.699. The number of hydrogen-bond donors (Lipinski definition) is 1. The lowest BCUT2D eigenvalue weighted by atomic mass is 9.91. The van der Waals surface area contributed by atoms with Crippen molar-refractivity contribution in [1.82, 2.24) is 9.88 Å². The first kappa shape index (κ1) is 14.5. The molecule has 1 atom stereocenters. The van der Waals surface area contributed by atoms with Gasteiger partial charge in [-0.3, -0.25) is 9.88 Å². The van der Waals surface area contributed by atoms with Gasteiger partial charge in [0.05, 0.1) is 5.52 Å². The summed E-state index contributed by atoms with van der Waals surface area (Å²) in [6, 6.07) is 11.2. The third-order valence-corrected chi connectivity index (χ3v) is 4.67. The molecule has 1 aliphatic heterocycles. The summed E-state index contributed by atoms with van der Waals surface area (Å²) in [6.07, 6.45) is 2.46. The zero-order valence-electron chi connectivity index (χ0n) is 13.0. The fourth-order valence-electron chi connectivity index (χ4n) is 3.27. The summed E-state index contributed by atoms with van der Waals surface area (Å²) in [5, 5.41) is 1.24. The second-order valence-electron chi connectivity index (χ2n) is 6.45. The number of hydrogen-bond acceptors (Lipinski definition) is 3. The number of aromatic nitrogens is 1. The molecule has 0 spiro atoms. The van der Waals surface area contributed by atoms with Gasteiger partial charge in [0.2, 0.25) is 0 Å². The first-order chi connectivity index (χ1) is 10.1. The monoisotopic (exact) mass is 283 g/mol. The molecule has 112 valence electrons. The summed E-state index contributed by atoms with van der Waals surface area (Å²) < 4.78 is 0. The Hall–Kier alpha value is -1.45. The van der Waals surface area contributed by atoms with Gasteiger partial charge in [-0.2, -0.15) is 0 Å². The average molecular weight is 283 g/mol. The minimum absolute atomic E-state index is 0.335. The lowest BCUT2D eigenvalue weighted by molar-refractivity contribution is 0.166. The zero-order valence-corrected chi connectivity index (χ0v) is 13.0. The Kier molecular flexibility index (Phi) is 4.22. The van der Waals surface area contributed by atoms with E-state index in [1.54, 1.807) is 0 Å². The molecule has 0 aliphatic carbocycles. The Bertz CT molecular complexity index is 613. The van der Waals surface area contributed by atoms with Crippen LogP contribution in [0.3, 0.4) is 0 Å². The van der Waals surface area contributed by atoms with E-state index in [1.165, 1.54) is 23.8 Å². The molecule has 3 nitrogen and oxygen atoms in total. The van der Waals surface area contributed by atoms with Crippen molar-refractivity contribution in [3.63, 3.8) is 0 Å². The van der Waals surface area contributed by atoms with E-state index in [-0.39, 0.29) is 0 Å². The minimum Gasteiger partial charge on any atom is -0.328 e. The van der Waals surface area contributed by atoms with Gasteiger partial charge in [-0.05, 0) is 69.5 Å². The molecule has 0 bridgehead atoms. The van der Waals surface area contributed by atoms with Crippen LogP contribution in [0.1, 0.15) is 31.0 Å². The van der Waals surface area contributed by atoms with Crippen LogP contribution in [0.2, 0.25) is 0 Å². The number of likely N-dealkylation sites (tertiary alicyclic amines) is 1. The highest BCUT2D eigenvalue weighted by Gasteiger charge is 2.21. The number of piperidine rings is 1. The summed E-state index contributed by atoms with van der Waals surface area (Å²) in [5.41, 5.74) is 9.57. The highest BCUT2D eigenvalue weighted by atomic mass is 15.1. The largest absolute Gasteiger partial charge is 0.328 e. The minimum atomic E-state index is 0.335. The van der Waals surface area contributed by atoms with E-state index in [4.69, 9.17) is 5.73 Å². The third-order valence-electron chi connectivity index (χ3n) is 4.67. The second-order valence-corrected chi connectivity index (χ2v) is 6.45. The lowest BCUT2D eigenvalue weighted by Gasteiger charge is -2.33. The topological polar surface area (TPSA) is 42.1 Å². The molecule has 2 N–H and O–H groups in total. The average Bonchev–Trinajstić information content (AvgIpc) is 2.48. The van der Waals surface area contributed by atoms with Crippen molar-refractivity contribution < 1.29 is 0 Å². The van der Waals surface area contributed by atoms with Gasteiger partial charge in [-0.1, -0.05) is 12.1 Å². The number of fused-ring (bicyclic) bond motifs is 1. The summed E-state index contributed by atoms with van der Waals surface area (Å²) in [6.45, 7) is 7.54. The molecule has 0 saturated carbocycles. The van der Waals surface area contributed by atoms with Gasteiger partial charge in [0.25, 0.3) is 0 Å². The van der Waals surface area contributed by atoms with Crippen molar-refractivity contribution in [2.24, 2.45) is 11.7 Å². The van der Waals surface area contributed by atoms with E-state index in [9.17, 15) is 0 Å². The molecule has 2 heterocycles. The number of nitrogens with two attached hydrogens (primary N) is 1. The third kappa shape index (κ3) is 3.42. The van der Waals surface area contributed by atoms with E-state index in [1.807, 2.05) is 6.92 Å². The van der Waals surface area contributed by atoms with Crippen molar-refractivity contribution in [2.75, 3.05) is 13.1 Å². The number of pyridine rings is 1. The van der Waals surface area contributed by atoms with E-state index in [0.29, 0.717) is 12.0 Å². The highest BCUT2D eigenvalue weighted by molar-refractivity contribution is 5.79. The van der Waals surface area contributed by atoms with Crippen LogP contribution >= 0.6 is 0 Å². The quantitative estimate of drug-likeness (QED) is 0.941. The molecule has 2 aromatic rings. The normalized spacial score (nSPS) is 19.0. The van der Waals surface area contributed by atoms with Crippen LogP contribution in [0.25, 0.3) is 10.9 Å². The molecule has 1 aromatic heterocycles. The number of rotatable bonds is 3. The maximum atomic E-state index is 6.01. The Morgan fingerprint density at radius 3 is 2.71 bits per heavy atom. The van der Waals surface area contributed by atoms with Crippen LogP contribution < -0.4 is 5.73 Å². The molecule has 1 fully saturated rings. The summed E-state index contributed by atoms with van der Waals surface area (Å²) >= 11 is 0. The Morgan fingerprint density at radius 2 is 2.00 bits per heavy atom. The van der Waals surface area contributed by atoms with Crippen molar-refractivity contribution in [2.45, 2.75) is 39.3 Å². The highest BCUT2D eigenvalue weighted by Crippen LogP contribution is 2.22. The molecule has 1 aromatic carbocycles. The summed E-state index contributed by atoms with van der Waals surface area (Å²) in [4.78, 5) is 7.11. The van der Waals surface area contributed by atoms with E-state index in [0.717, 1.165) is 30.8 Å². The molecular weight excluding hydrogens is 258 g/mol. The van der Waals surface area contributed by atoms with Crippen molar-refractivity contribution in [3.8, 4) is 0 Å². The maximum Gasteiger partial charge on any atom is 0.0705 e. The van der Waals surface area contributed by atoms with Gasteiger partial charge < -0.3 is 5.73 Å². The smallest absolute Gasteiger partial charge is 0.0705 e. The van der Waals surface area contributed by atoms with E-state index in [2.05, 4.69) is 47.1 Å². The van der Waals surface area contributed by atoms with Gasteiger partial charge in [-0.15, -0.1) is 0 Å². The number of aryl methyl sites for hydroxylation is 1. The van der Waals surface area contributed by atoms with Crippen LogP contribution in [-0.4, -0.2) is 29.0 Å². The first-order valence-corrected chi connectivity index (χ1v) is 7.96. The van der Waals surface area contributed by atoms with Crippen LogP contribution in [0, 0.1) is 12.8 Å². The fraction of sp³-hybridized carbons (Fsp3) is 0.500. The van der Waals surface area contributed by atoms with Crippen molar-refractivity contribution >= 4 is 10.9 Å². The Balaban J connectivity index is 1.67. The van der Waals surface area contributed by atoms with Crippen molar-refractivity contribution in [3.05, 3.63) is 41.6 Å². The van der Waals surface area contributed by atoms with Crippen LogP contribution in [0.5, 0.6) is 0 Å². The molecule has 1 saturated heterocycles. The molecule has 21 heavy (non-hydrogen) atoms. The lowest BCUT2D eigenvalue weighted by Crippen LogP contribution is -2.39. The van der Waals surface area contributed by atoms with Crippen LogP contribution in [0.15, 0.2) is 30.3 Å². The molecule has 0 radical (unpaired) electrons. The van der Waals surface area contributed by atoms with Crippen LogP contribution in [0.4, 0.5) is 0 Å². The molecule has 3 rings (SSSR count). The van der Waals surface area contributed by atoms with Crippen molar-refractivity contribution in [1.29, 1.82) is 0 Å². The molecule has 3 heteroatoms. The second kappa shape index (κ2) is 6.12. The predicted molar refractivity (Wildman–Crippen MR) is 88.1 cm³/mol. The molecule has 1 aliphatic rings. The molecule has 0 amide bonds. The predicted octanol–water partition coefficient (Wildman–Crippen LogP) is 3.10. The Morgan fingerprint density at radius 1 is 1.24 bits per heavy atom. The Labute approximate surface area is 127 Å². The number of benzene rings is 1. The number of nitrogens with zero attached hydrogens (tertiary/aromatic N) is 2. The molecule has 1 unspecified atom stereocenters. The standard InChI is InChI=1S/C18H25N3/c1-13-3-5-17-11-15(4-6-18(17)20-13)12-21-9-7-16(8-10-21)14(2)19/h3-6,11,14,16H,7-10,12,19H2,1-2H3. The molecular formula is C18H25N3. The van der Waals surface area contributed by atoms with Gasteiger partial charge in [0, 0.05) is 23.7 Å². The maximum absolute atomic E-state index is 6.01. The summed E-state index contributed by atoms with van der Waals surface area (Å²) in [7, 11) is 0. The fourth-order valence-corrected chi connectivity index (χ4v) is 3.27. The van der Waals surface area contributed by atoms with Gasteiger partial charge in [-0.25, -0.2) is 0 Å². The van der Waals surface area contributed by atoms with Gasteiger partial charge in [0.1, 0.15) is 0 Å².